The second kappa shape index (κ2) is 9.09. The van der Waals surface area contributed by atoms with E-state index in [1.54, 1.807) is 7.05 Å². The normalized spacial score (nSPS) is 27.8. The highest BCUT2D eigenvalue weighted by Gasteiger charge is 2.42. The molecule has 1 unspecified atom stereocenters. The van der Waals surface area contributed by atoms with E-state index in [0.29, 0.717) is 44.6 Å². The second-order valence-electron chi connectivity index (χ2n) is 8.53. The van der Waals surface area contributed by atoms with E-state index in [1.807, 2.05) is 0 Å². The lowest BCUT2D eigenvalue weighted by atomic mass is 9.99. The molecule has 3 fully saturated rings. The van der Waals surface area contributed by atoms with E-state index in [2.05, 4.69) is 20.5 Å². The fraction of sp³-hybridized carbons (Fsp3) is 0.947. The number of likely N-dealkylation sites (tertiary alicyclic amines) is 1. The van der Waals surface area contributed by atoms with Crippen molar-refractivity contribution in [1.29, 1.82) is 0 Å². The molecule has 0 spiro atoms. The minimum atomic E-state index is -3.17. The van der Waals surface area contributed by atoms with Gasteiger partial charge < -0.3 is 20.3 Å². The fourth-order valence-corrected chi connectivity index (χ4v) is 5.97. The van der Waals surface area contributed by atoms with Gasteiger partial charge in [-0.05, 0) is 38.0 Å². The van der Waals surface area contributed by atoms with Crippen LogP contribution in [0.4, 0.5) is 0 Å². The molecule has 156 valence electrons. The Bertz CT molecular complexity index is 610. The lowest BCUT2D eigenvalue weighted by molar-refractivity contribution is 0.0756. The number of aliphatic imine (C=N–C) groups is 1. The van der Waals surface area contributed by atoms with Crippen molar-refractivity contribution in [2.45, 2.75) is 55.7 Å². The molecule has 3 rings (SSSR count). The summed E-state index contributed by atoms with van der Waals surface area (Å²) in [4.78, 5) is 6.89. The molecule has 2 N–H and O–H groups in total. The minimum absolute atomic E-state index is 0.376. The molecule has 0 aromatic rings. The van der Waals surface area contributed by atoms with Crippen molar-refractivity contribution in [3.05, 3.63) is 0 Å². The molecule has 0 amide bonds. The summed E-state index contributed by atoms with van der Waals surface area (Å²) in [5.74, 6) is 1.58. The molecule has 2 aliphatic heterocycles. The van der Waals surface area contributed by atoms with Crippen molar-refractivity contribution in [2.75, 3.05) is 52.7 Å². The van der Waals surface area contributed by atoms with E-state index in [1.165, 1.54) is 38.5 Å². The van der Waals surface area contributed by atoms with Gasteiger partial charge in [-0.1, -0.05) is 12.8 Å². The van der Waals surface area contributed by atoms with Crippen molar-refractivity contribution in [2.24, 2.45) is 10.9 Å². The van der Waals surface area contributed by atoms with Gasteiger partial charge in [-0.15, -0.1) is 0 Å². The van der Waals surface area contributed by atoms with E-state index in [4.69, 9.17) is 4.74 Å². The number of hydrogen-bond donors (Lipinski definition) is 2. The Kier molecular flexibility index (Phi) is 7.03. The molecule has 3 aliphatic rings. The highest BCUT2D eigenvalue weighted by atomic mass is 32.2. The van der Waals surface area contributed by atoms with E-state index < -0.39 is 14.6 Å². The summed E-state index contributed by atoms with van der Waals surface area (Å²) in [6.45, 7) is 4.78. The molecular formula is C19H36N4O3S. The van der Waals surface area contributed by atoms with E-state index in [9.17, 15) is 8.42 Å². The van der Waals surface area contributed by atoms with Crippen LogP contribution in [0.2, 0.25) is 0 Å². The molecule has 8 heteroatoms. The highest BCUT2D eigenvalue weighted by Crippen LogP contribution is 2.29. The second-order valence-corrected chi connectivity index (χ2v) is 10.9. The van der Waals surface area contributed by atoms with Crippen molar-refractivity contribution in [3.63, 3.8) is 0 Å². The molecule has 0 aromatic heterocycles. The SMILES string of the molecule is CN=C(NCC1(S(C)(=O)=O)CCOCC1)NC1CCN(CC2CCCC2)C1. The first-order chi connectivity index (χ1) is 12.9. The van der Waals surface area contributed by atoms with Crippen LogP contribution in [0.15, 0.2) is 4.99 Å². The number of hydrogen-bond acceptors (Lipinski definition) is 5. The Hall–Kier alpha value is -0.860. The van der Waals surface area contributed by atoms with E-state index in [0.717, 1.165) is 25.4 Å². The molecule has 2 saturated heterocycles. The van der Waals surface area contributed by atoms with Gasteiger partial charge in [-0.2, -0.15) is 0 Å². The van der Waals surface area contributed by atoms with Gasteiger partial charge in [-0.25, -0.2) is 8.42 Å². The van der Waals surface area contributed by atoms with Crippen molar-refractivity contribution < 1.29 is 13.2 Å². The summed E-state index contributed by atoms with van der Waals surface area (Å²) in [7, 11) is -1.43. The molecule has 1 saturated carbocycles. The topological polar surface area (TPSA) is 83.0 Å². The Balaban J connectivity index is 1.49. The van der Waals surface area contributed by atoms with Gasteiger partial charge in [-0.3, -0.25) is 4.99 Å². The predicted molar refractivity (Wildman–Crippen MR) is 109 cm³/mol. The standard InChI is InChI=1S/C19H36N4O3S/c1-20-18(21-15-19(27(2,24)25)8-11-26-12-9-19)22-17-7-10-23(14-17)13-16-5-3-4-6-16/h16-17H,3-15H2,1-2H3,(H2,20,21,22). The van der Waals surface area contributed by atoms with E-state index >= 15 is 0 Å². The minimum Gasteiger partial charge on any atom is -0.381 e. The summed E-state index contributed by atoms with van der Waals surface area (Å²) in [6.07, 6.45) is 9.08. The van der Waals surface area contributed by atoms with Crippen LogP contribution in [-0.2, 0) is 14.6 Å². The van der Waals surface area contributed by atoms with Gasteiger partial charge in [0.05, 0.1) is 4.75 Å². The predicted octanol–water partition coefficient (Wildman–Crippen LogP) is 1.01. The number of guanidine groups is 1. The molecule has 1 aliphatic carbocycles. The smallest absolute Gasteiger partial charge is 0.191 e. The van der Waals surface area contributed by atoms with E-state index in [-0.39, 0.29) is 0 Å². The van der Waals surface area contributed by atoms with Crippen LogP contribution in [0, 0.1) is 5.92 Å². The molecule has 2 heterocycles. The van der Waals surface area contributed by atoms with Crippen LogP contribution in [-0.4, -0.2) is 82.8 Å². The summed E-state index contributed by atoms with van der Waals surface area (Å²) >= 11 is 0. The van der Waals surface area contributed by atoms with Gasteiger partial charge in [0.1, 0.15) is 0 Å². The van der Waals surface area contributed by atoms with Crippen LogP contribution in [0.25, 0.3) is 0 Å². The van der Waals surface area contributed by atoms with Crippen LogP contribution >= 0.6 is 0 Å². The molecule has 1 atom stereocenters. The van der Waals surface area contributed by atoms with Gasteiger partial charge in [0, 0.05) is 58.7 Å². The van der Waals surface area contributed by atoms with Crippen LogP contribution in [0.5, 0.6) is 0 Å². The zero-order valence-corrected chi connectivity index (χ0v) is 17.7. The molecule has 0 radical (unpaired) electrons. The maximum absolute atomic E-state index is 12.4. The molecule has 0 aromatic carbocycles. The third-order valence-corrected chi connectivity index (χ3v) is 8.72. The highest BCUT2D eigenvalue weighted by molar-refractivity contribution is 7.92. The Morgan fingerprint density at radius 3 is 2.56 bits per heavy atom. The van der Waals surface area contributed by atoms with Crippen molar-refractivity contribution >= 4 is 15.8 Å². The quantitative estimate of drug-likeness (QED) is 0.511. The van der Waals surface area contributed by atoms with Crippen LogP contribution in [0.3, 0.4) is 0 Å². The fourth-order valence-electron chi connectivity index (χ4n) is 4.73. The summed E-state index contributed by atoms with van der Waals surface area (Å²) < 4.78 is 29.4. The molecule has 27 heavy (non-hydrogen) atoms. The zero-order chi connectivity index (χ0) is 19.3. The maximum atomic E-state index is 12.4. The van der Waals surface area contributed by atoms with Gasteiger partial charge in [0.15, 0.2) is 15.8 Å². The number of ether oxygens (including phenoxy) is 1. The zero-order valence-electron chi connectivity index (χ0n) is 16.9. The van der Waals surface area contributed by atoms with Gasteiger partial charge in [0.2, 0.25) is 0 Å². The Morgan fingerprint density at radius 1 is 1.22 bits per heavy atom. The third kappa shape index (κ3) is 5.35. The average Bonchev–Trinajstić information content (AvgIpc) is 3.31. The summed E-state index contributed by atoms with van der Waals surface area (Å²) in [5, 5.41) is 6.79. The largest absolute Gasteiger partial charge is 0.381 e. The summed E-state index contributed by atoms with van der Waals surface area (Å²) in [6, 6.07) is 0.376. The van der Waals surface area contributed by atoms with Crippen molar-refractivity contribution in [1.82, 2.24) is 15.5 Å². The van der Waals surface area contributed by atoms with Crippen LogP contribution in [0.1, 0.15) is 44.9 Å². The lowest BCUT2D eigenvalue weighted by Gasteiger charge is -2.36. The molecule has 7 nitrogen and oxygen atoms in total. The first kappa shape index (κ1) is 20.9. The molecule has 0 bridgehead atoms. The first-order valence-electron chi connectivity index (χ1n) is 10.4. The summed E-state index contributed by atoms with van der Waals surface area (Å²) in [5.41, 5.74) is 0. The van der Waals surface area contributed by atoms with Gasteiger partial charge >= 0.3 is 0 Å². The van der Waals surface area contributed by atoms with Crippen LogP contribution < -0.4 is 10.6 Å². The first-order valence-corrected chi connectivity index (χ1v) is 12.3. The number of rotatable bonds is 6. The Labute approximate surface area is 164 Å². The molecular weight excluding hydrogens is 364 g/mol. The maximum Gasteiger partial charge on any atom is 0.191 e. The monoisotopic (exact) mass is 400 g/mol. The number of nitrogens with one attached hydrogen (secondary N) is 2. The average molecular weight is 401 g/mol. The number of nitrogens with zero attached hydrogens (tertiary/aromatic N) is 2. The van der Waals surface area contributed by atoms with Crippen molar-refractivity contribution in [3.8, 4) is 0 Å². The van der Waals surface area contributed by atoms with Gasteiger partial charge in [0.25, 0.3) is 0 Å². The Morgan fingerprint density at radius 2 is 1.93 bits per heavy atom. The third-order valence-electron chi connectivity index (χ3n) is 6.60. The number of sulfone groups is 1. The lowest BCUT2D eigenvalue weighted by Crippen LogP contribution is -2.55.